The molecule has 0 saturated heterocycles. The molecule has 0 radical (unpaired) electrons. The lowest BCUT2D eigenvalue weighted by Gasteiger charge is -1.91. The molecule has 0 bridgehead atoms. The van der Waals surface area contributed by atoms with Gasteiger partial charge in [0.1, 0.15) is 0 Å². The van der Waals surface area contributed by atoms with Gasteiger partial charge in [-0.3, -0.25) is 4.79 Å². The van der Waals surface area contributed by atoms with Crippen LogP contribution in [0.1, 0.15) is 19.8 Å². The predicted octanol–water partition coefficient (Wildman–Crippen LogP) is 2.15. The van der Waals surface area contributed by atoms with E-state index < -0.39 is 5.97 Å². The zero-order chi connectivity index (χ0) is 7.28. The Kier molecular flexibility index (Phi) is 4.40. The Balaban J connectivity index is 3.39. The van der Waals surface area contributed by atoms with Crippen LogP contribution in [-0.4, -0.2) is 11.1 Å². The molecular weight excluding hydrogens is 184 g/mol. The van der Waals surface area contributed by atoms with Crippen molar-refractivity contribution in [1.29, 1.82) is 0 Å². The molecular formula is C6H9BrO2. The first-order chi connectivity index (χ1) is 4.16. The van der Waals surface area contributed by atoms with Gasteiger partial charge in [-0.05, 0) is 17.8 Å². The molecule has 0 aliphatic heterocycles. The van der Waals surface area contributed by atoms with Gasteiger partial charge in [0.05, 0.1) is 0 Å². The molecule has 3 heteroatoms. The third kappa shape index (κ3) is 5.56. The largest absolute Gasteiger partial charge is 0.481 e. The van der Waals surface area contributed by atoms with E-state index in [4.69, 9.17) is 5.11 Å². The zero-order valence-corrected chi connectivity index (χ0v) is 6.81. The number of hydrogen-bond donors (Lipinski definition) is 1. The molecule has 0 aromatic rings. The first-order valence-electron chi connectivity index (χ1n) is 2.69. The number of carboxylic acids is 1. The Morgan fingerprint density at radius 1 is 1.67 bits per heavy atom. The van der Waals surface area contributed by atoms with Gasteiger partial charge < -0.3 is 5.11 Å². The summed E-state index contributed by atoms with van der Waals surface area (Å²) in [7, 11) is 0. The van der Waals surface area contributed by atoms with Crippen LogP contribution in [0, 0.1) is 0 Å². The molecule has 0 spiro atoms. The standard InChI is InChI=1S/C6H9BrO2/c1-2-5(7)3-4-6(8)9/h2H,3-4H2,1H3,(H,8,9)/b5-2+. The number of carboxylic acid groups (broad SMARTS) is 1. The Morgan fingerprint density at radius 2 is 2.22 bits per heavy atom. The molecule has 0 amide bonds. The highest BCUT2D eigenvalue weighted by molar-refractivity contribution is 9.11. The first kappa shape index (κ1) is 8.69. The number of aliphatic carboxylic acids is 1. The maximum atomic E-state index is 9.97. The Morgan fingerprint density at radius 3 is 2.56 bits per heavy atom. The molecule has 0 aromatic heterocycles. The van der Waals surface area contributed by atoms with E-state index in [1.807, 2.05) is 13.0 Å². The average Bonchev–Trinajstić information content (AvgIpc) is 1.83. The van der Waals surface area contributed by atoms with Gasteiger partial charge in [0, 0.05) is 6.42 Å². The van der Waals surface area contributed by atoms with Gasteiger partial charge in [0.15, 0.2) is 0 Å². The van der Waals surface area contributed by atoms with Crippen molar-refractivity contribution in [1.82, 2.24) is 0 Å². The van der Waals surface area contributed by atoms with E-state index in [1.54, 1.807) is 0 Å². The average molecular weight is 193 g/mol. The summed E-state index contributed by atoms with van der Waals surface area (Å²) in [6, 6.07) is 0. The van der Waals surface area contributed by atoms with Crippen molar-refractivity contribution in [3.8, 4) is 0 Å². The van der Waals surface area contributed by atoms with Crippen molar-refractivity contribution in [2.45, 2.75) is 19.8 Å². The van der Waals surface area contributed by atoms with Gasteiger partial charge in [-0.25, -0.2) is 0 Å². The fraction of sp³-hybridized carbons (Fsp3) is 0.500. The summed E-state index contributed by atoms with van der Waals surface area (Å²) in [5.74, 6) is -0.756. The van der Waals surface area contributed by atoms with Crippen LogP contribution in [0.3, 0.4) is 0 Å². The SMILES string of the molecule is C/C=C(/Br)CCC(=O)O. The van der Waals surface area contributed by atoms with Crippen LogP contribution >= 0.6 is 15.9 Å². The molecule has 0 aliphatic rings. The minimum atomic E-state index is -0.756. The lowest BCUT2D eigenvalue weighted by atomic mass is 10.3. The zero-order valence-electron chi connectivity index (χ0n) is 5.22. The fourth-order valence-corrected chi connectivity index (χ4v) is 0.569. The van der Waals surface area contributed by atoms with Crippen LogP contribution in [0.5, 0.6) is 0 Å². The van der Waals surface area contributed by atoms with Gasteiger partial charge in [-0.2, -0.15) is 0 Å². The van der Waals surface area contributed by atoms with Gasteiger partial charge in [0.25, 0.3) is 0 Å². The molecule has 1 N–H and O–H groups in total. The van der Waals surface area contributed by atoms with E-state index in [1.165, 1.54) is 0 Å². The highest BCUT2D eigenvalue weighted by Gasteiger charge is 1.96. The van der Waals surface area contributed by atoms with Gasteiger partial charge in [-0.1, -0.05) is 22.0 Å². The summed E-state index contributed by atoms with van der Waals surface area (Å²) < 4.78 is 0.949. The molecule has 0 rings (SSSR count). The number of carbonyl (C=O) groups is 1. The van der Waals surface area contributed by atoms with Crippen molar-refractivity contribution in [3.63, 3.8) is 0 Å². The Bertz CT molecular complexity index is 129. The van der Waals surface area contributed by atoms with Crippen molar-refractivity contribution in [2.24, 2.45) is 0 Å². The number of halogens is 1. The van der Waals surface area contributed by atoms with Crippen molar-refractivity contribution >= 4 is 21.9 Å². The monoisotopic (exact) mass is 192 g/mol. The van der Waals surface area contributed by atoms with Crippen LogP contribution in [0.25, 0.3) is 0 Å². The smallest absolute Gasteiger partial charge is 0.303 e. The molecule has 52 valence electrons. The summed E-state index contributed by atoms with van der Waals surface area (Å²) in [5.41, 5.74) is 0. The predicted molar refractivity (Wildman–Crippen MR) is 39.6 cm³/mol. The van der Waals surface area contributed by atoms with Crippen LogP contribution in [-0.2, 0) is 4.79 Å². The maximum absolute atomic E-state index is 9.97. The van der Waals surface area contributed by atoms with Crippen LogP contribution < -0.4 is 0 Å². The second-order valence-corrected chi connectivity index (χ2v) is 2.65. The number of hydrogen-bond acceptors (Lipinski definition) is 1. The molecule has 0 unspecified atom stereocenters. The molecule has 2 nitrogen and oxygen atoms in total. The van der Waals surface area contributed by atoms with E-state index in [0.717, 1.165) is 4.48 Å². The van der Waals surface area contributed by atoms with E-state index in [0.29, 0.717) is 6.42 Å². The molecule has 0 aliphatic carbocycles. The summed E-state index contributed by atoms with van der Waals surface area (Å²) in [4.78, 5) is 9.97. The minimum absolute atomic E-state index is 0.199. The molecule has 0 aromatic carbocycles. The van der Waals surface area contributed by atoms with E-state index in [-0.39, 0.29) is 6.42 Å². The summed E-state index contributed by atoms with van der Waals surface area (Å²) in [6.45, 7) is 1.87. The van der Waals surface area contributed by atoms with Gasteiger partial charge in [-0.15, -0.1) is 0 Å². The Hall–Kier alpha value is -0.310. The maximum Gasteiger partial charge on any atom is 0.303 e. The highest BCUT2D eigenvalue weighted by atomic mass is 79.9. The first-order valence-corrected chi connectivity index (χ1v) is 3.48. The lowest BCUT2D eigenvalue weighted by molar-refractivity contribution is -0.136. The minimum Gasteiger partial charge on any atom is -0.481 e. The summed E-state index contributed by atoms with van der Waals surface area (Å²) in [5, 5.41) is 8.21. The van der Waals surface area contributed by atoms with E-state index in [9.17, 15) is 4.79 Å². The fourth-order valence-electron chi connectivity index (χ4n) is 0.371. The number of allylic oxidation sites excluding steroid dienone is 2. The Labute approximate surface area is 62.7 Å². The van der Waals surface area contributed by atoms with Crippen LogP contribution in [0.4, 0.5) is 0 Å². The summed E-state index contributed by atoms with van der Waals surface area (Å²) >= 11 is 3.20. The van der Waals surface area contributed by atoms with Crippen molar-refractivity contribution < 1.29 is 9.90 Å². The van der Waals surface area contributed by atoms with Gasteiger partial charge in [0.2, 0.25) is 0 Å². The lowest BCUT2D eigenvalue weighted by Crippen LogP contribution is -1.92. The normalized spacial score (nSPS) is 11.6. The second kappa shape index (κ2) is 4.56. The number of rotatable bonds is 3. The van der Waals surface area contributed by atoms with Crippen LogP contribution in [0.2, 0.25) is 0 Å². The molecule has 0 heterocycles. The highest BCUT2D eigenvalue weighted by Crippen LogP contribution is 2.11. The van der Waals surface area contributed by atoms with Crippen molar-refractivity contribution in [2.75, 3.05) is 0 Å². The van der Waals surface area contributed by atoms with Crippen LogP contribution in [0.15, 0.2) is 10.6 Å². The summed E-state index contributed by atoms with van der Waals surface area (Å²) in [6.07, 6.45) is 2.64. The topological polar surface area (TPSA) is 37.3 Å². The quantitative estimate of drug-likeness (QED) is 0.745. The second-order valence-electron chi connectivity index (χ2n) is 1.63. The third-order valence-corrected chi connectivity index (χ3v) is 1.75. The molecule has 0 saturated carbocycles. The van der Waals surface area contributed by atoms with E-state index in [2.05, 4.69) is 15.9 Å². The van der Waals surface area contributed by atoms with Gasteiger partial charge >= 0.3 is 5.97 Å². The molecule has 0 atom stereocenters. The van der Waals surface area contributed by atoms with E-state index >= 15 is 0 Å². The molecule has 9 heavy (non-hydrogen) atoms. The molecule has 0 fully saturated rings. The van der Waals surface area contributed by atoms with Crippen molar-refractivity contribution in [3.05, 3.63) is 10.6 Å². The third-order valence-electron chi connectivity index (χ3n) is 0.891.